The summed E-state index contributed by atoms with van der Waals surface area (Å²) < 4.78 is 16.3. The van der Waals surface area contributed by atoms with E-state index in [2.05, 4.69) is 5.48 Å². The molecule has 0 saturated heterocycles. The Kier molecular flexibility index (Phi) is 5.45. The van der Waals surface area contributed by atoms with E-state index in [1.165, 1.54) is 7.11 Å². The second kappa shape index (κ2) is 8.50. The van der Waals surface area contributed by atoms with Crippen molar-refractivity contribution in [2.24, 2.45) is 0 Å². The van der Waals surface area contributed by atoms with Crippen LogP contribution in [0.25, 0.3) is 0 Å². The summed E-state index contributed by atoms with van der Waals surface area (Å²) in [6.45, 7) is 0. The number of ether oxygens (including phenoxy) is 3. The predicted molar refractivity (Wildman–Crippen MR) is 106 cm³/mol. The number of benzene rings is 3. The molecule has 0 radical (unpaired) electrons. The number of carbonyl (C=O) groups excluding carboxylic acids is 1. The van der Waals surface area contributed by atoms with Crippen LogP contribution in [-0.2, 0) is 9.57 Å². The van der Waals surface area contributed by atoms with E-state index >= 15 is 0 Å². The number of methoxy groups -OCH3 is 1. The molecule has 0 aliphatic carbocycles. The number of hydrogen-bond acceptors (Lipinski definition) is 6. The average Bonchev–Trinajstić information content (AvgIpc) is 3.23. The maximum absolute atomic E-state index is 11.6. The second-order valence-corrected chi connectivity index (χ2v) is 6.28. The average molecular weight is 389 g/mol. The van der Waals surface area contributed by atoms with Crippen molar-refractivity contribution in [3.63, 3.8) is 0 Å². The van der Waals surface area contributed by atoms with Crippen LogP contribution in [0.5, 0.6) is 17.2 Å². The molecule has 0 unspecified atom stereocenters. The van der Waals surface area contributed by atoms with Crippen molar-refractivity contribution < 1.29 is 23.8 Å². The van der Waals surface area contributed by atoms with Gasteiger partial charge in [-0.25, -0.2) is 10.3 Å². The Hall–Kier alpha value is -3.77. The van der Waals surface area contributed by atoms with Crippen LogP contribution < -0.4 is 15.0 Å². The third kappa shape index (κ3) is 4.56. The normalized spacial score (nSPS) is 15.2. The van der Waals surface area contributed by atoms with E-state index in [1.807, 2.05) is 60.7 Å². The zero-order valence-electron chi connectivity index (χ0n) is 15.7. The topological polar surface area (TPSA) is 66.0 Å². The summed E-state index contributed by atoms with van der Waals surface area (Å²) in [7, 11) is 1.34. The van der Waals surface area contributed by atoms with Crippen LogP contribution in [0.1, 0.15) is 22.0 Å². The SMILES string of the molecule is COC(=O)c1cccc(OC2=C[C@@H](c3ccc(Oc4ccccc4)cc3)ON2)c1. The number of esters is 1. The van der Waals surface area contributed by atoms with Gasteiger partial charge in [0.1, 0.15) is 23.4 Å². The molecule has 0 bridgehead atoms. The molecule has 29 heavy (non-hydrogen) atoms. The van der Waals surface area contributed by atoms with Gasteiger partial charge in [0.15, 0.2) is 0 Å². The molecule has 6 nitrogen and oxygen atoms in total. The Bertz CT molecular complexity index is 1010. The van der Waals surface area contributed by atoms with Crippen molar-refractivity contribution in [3.05, 3.63) is 102 Å². The highest BCUT2D eigenvalue weighted by Crippen LogP contribution is 2.28. The summed E-state index contributed by atoms with van der Waals surface area (Å²) in [5, 5.41) is 0. The molecule has 1 heterocycles. The third-order valence-electron chi connectivity index (χ3n) is 4.26. The van der Waals surface area contributed by atoms with E-state index < -0.39 is 5.97 Å². The van der Waals surface area contributed by atoms with Gasteiger partial charge in [0.2, 0.25) is 5.88 Å². The van der Waals surface area contributed by atoms with Gasteiger partial charge >= 0.3 is 5.97 Å². The lowest BCUT2D eigenvalue weighted by molar-refractivity contribution is 0.0273. The number of hydroxylamine groups is 1. The molecular weight excluding hydrogens is 370 g/mol. The first-order valence-corrected chi connectivity index (χ1v) is 9.04. The molecule has 0 aromatic heterocycles. The lowest BCUT2D eigenvalue weighted by Gasteiger charge is -2.09. The van der Waals surface area contributed by atoms with Gasteiger partial charge in [-0.3, -0.25) is 4.84 Å². The minimum Gasteiger partial charge on any atom is -0.465 e. The fourth-order valence-electron chi connectivity index (χ4n) is 2.83. The van der Waals surface area contributed by atoms with Crippen molar-refractivity contribution in [1.29, 1.82) is 0 Å². The number of para-hydroxylation sites is 1. The fourth-order valence-corrected chi connectivity index (χ4v) is 2.83. The van der Waals surface area contributed by atoms with Gasteiger partial charge in [-0.05, 0) is 48.0 Å². The van der Waals surface area contributed by atoms with Crippen LogP contribution in [0.4, 0.5) is 0 Å². The molecule has 1 aliphatic heterocycles. The van der Waals surface area contributed by atoms with Gasteiger partial charge in [0.05, 0.1) is 12.7 Å². The first kappa shape index (κ1) is 18.6. The Morgan fingerprint density at radius 3 is 2.34 bits per heavy atom. The van der Waals surface area contributed by atoms with Gasteiger partial charge in [0, 0.05) is 6.08 Å². The highest BCUT2D eigenvalue weighted by Gasteiger charge is 2.20. The van der Waals surface area contributed by atoms with Crippen molar-refractivity contribution in [3.8, 4) is 17.2 Å². The lowest BCUT2D eigenvalue weighted by Crippen LogP contribution is -2.12. The number of carbonyl (C=O) groups is 1. The molecule has 1 N–H and O–H groups in total. The summed E-state index contributed by atoms with van der Waals surface area (Å²) in [5.74, 6) is 2.05. The smallest absolute Gasteiger partial charge is 0.337 e. The Balaban J connectivity index is 1.41. The van der Waals surface area contributed by atoms with Crippen molar-refractivity contribution in [2.75, 3.05) is 7.11 Å². The fraction of sp³-hybridized carbons (Fsp3) is 0.0870. The van der Waals surface area contributed by atoms with Crippen LogP contribution in [0.2, 0.25) is 0 Å². The number of hydrogen-bond donors (Lipinski definition) is 1. The first-order valence-electron chi connectivity index (χ1n) is 9.04. The summed E-state index contributed by atoms with van der Waals surface area (Å²) in [6, 6.07) is 24.0. The van der Waals surface area contributed by atoms with Crippen LogP contribution in [0.3, 0.4) is 0 Å². The van der Waals surface area contributed by atoms with Crippen LogP contribution in [-0.4, -0.2) is 13.1 Å². The quantitative estimate of drug-likeness (QED) is 0.613. The molecule has 3 aromatic rings. The molecular formula is C23H19NO5. The second-order valence-electron chi connectivity index (χ2n) is 6.28. The van der Waals surface area contributed by atoms with Crippen LogP contribution in [0.15, 0.2) is 90.8 Å². The van der Waals surface area contributed by atoms with Crippen LogP contribution >= 0.6 is 0 Å². The summed E-state index contributed by atoms with van der Waals surface area (Å²) in [4.78, 5) is 17.2. The summed E-state index contributed by atoms with van der Waals surface area (Å²) in [6.07, 6.45) is 1.51. The Morgan fingerprint density at radius 2 is 1.59 bits per heavy atom. The highest BCUT2D eigenvalue weighted by atomic mass is 16.7. The molecule has 0 fully saturated rings. The van der Waals surface area contributed by atoms with Crippen molar-refractivity contribution in [2.45, 2.75) is 6.10 Å². The zero-order valence-corrected chi connectivity index (χ0v) is 15.7. The molecule has 0 spiro atoms. The van der Waals surface area contributed by atoms with Gasteiger partial charge in [-0.2, -0.15) is 0 Å². The third-order valence-corrected chi connectivity index (χ3v) is 4.26. The molecule has 3 aromatic carbocycles. The maximum Gasteiger partial charge on any atom is 0.337 e. The van der Waals surface area contributed by atoms with E-state index in [1.54, 1.807) is 24.3 Å². The summed E-state index contributed by atoms with van der Waals surface area (Å²) >= 11 is 0. The van der Waals surface area contributed by atoms with Gasteiger partial charge in [-0.15, -0.1) is 0 Å². The van der Waals surface area contributed by atoms with Gasteiger partial charge in [-0.1, -0.05) is 36.4 Å². The molecule has 6 heteroatoms. The highest BCUT2D eigenvalue weighted by molar-refractivity contribution is 5.89. The van der Waals surface area contributed by atoms with E-state index in [4.69, 9.17) is 19.0 Å². The molecule has 0 saturated carbocycles. The van der Waals surface area contributed by atoms with Crippen molar-refractivity contribution >= 4 is 5.97 Å². The minimum atomic E-state index is -0.421. The Labute approximate surface area is 168 Å². The number of rotatable bonds is 6. The zero-order chi connectivity index (χ0) is 20.1. The van der Waals surface area contributed by atoms with E-state index in [-0.39, 0.29) is 6.10 Å². The predicted octanol–water partition coefficient (Wildman–Crippen LogP) is 4.76. The lowest BCUT2D eigenvalue weighted by atomic mass is 10.1. The van der Waals surface area contributed by atoms with Crippen LogP contribution in [0, 0.1) is 0 Å². The number of nitrogens with one attached hydrogen (secondary N) is 1. The Morgan fingerprint density at radius 1 is 0.862 bits per heavy atom. The largest absolute Gasteiger partial charge is 0.465 e. The summed E-state index contributed by atoms with van der Waals surface area (Å²) in [5.41, 5.74) is 4.12. The molecule has 146 valence electrons. The van der Waals surface area contributed by atoms with Gasteiger partial charge in [0.25, 0.3) is 0 Å². The van der Waals surface area contributed by atoms with E-state index in [0.29, 0.717) is 17.2 Å². The molecule has 1 aliphatic rings. The monoisotopic (exact) mass is 389 g/mol. The molecule has 0 amide bonds. The van der Waals surface area contributed by atoms with E-state index in [0.717, 1.165) is 17.1 Å². The van der Waals surface area contributed by atoms with Gasteiger partial charge < -0.3 is 14.2 Å². The standard InChI is InChI=1S/C23H19NO5/c1-26-23(25)17-6-5-9-20(14-17)28-22-15-21(29-24-22)16-10-12-19(13-11-16)27-18-7-3-2-4-8-18/h2-15,21,24H,1H3/t21-/m0/s1. The maximum atomic E-state index is 11.6. The van der Waals surface area contributed by atoms with Crippen molar-refractivity contribution in [1.82, 2.24) is 5.48 Å². The minimum absolute atomic E-state index is 0.306. The van der Waals surface area contributed by atoms with E-state index in [9.17, 15) is 4.79 Å². The molecule has 1 atom stereocenters. The molecule has 4 rings (SSSR count). The first-order chi connectivity index (χ1) is 14.2.